The number of amides is 2. The fourth-order valence-corrected chi connectivity index (χ4v) is 2.97. The van der Waals surface area contributed by atoms with Crippen LogP contribution < -0.4 is 20.1 Å². The third-order valence-electron chi connectivity index (χ3n) is 4.45. The third kappa shape index (κ3) is 4.17. The quantitative estimate of drug-likeness (QED) is 0.829. The Labute approximate surface area is 161 Å². The minimum absolute atomic E-state index is 0.0335. The molecule has 0 saturated heterocycles. The molecular formula is C20H19ClN2O4. The third-order valence-corrected chi connectivity index (χ3v) is 4.76. The van der Waals surface area contributed by atoms with E-state index in [2.05, 4.69) is 10.6 Å². The summed E-state index contributed by atoms with van der Waals surface area (Å²) in [5.74, 6) is 1.00. The van der Waals surface area contributed by atoms with Crippen molar-refractivity contribution in [1.29, 1.82) is 0 Å². The molecule has 0 unspecified atom stereocenters. The Kier molecular flexibility index (Phi) is 4.90. The molecule has 1 heterocycles. The summed E-state index contributed by atoms with van der Waals surface area (Å²) < 4.78 is 11.2. The van der Waals surface area contributed by atoms with Crippen LogP contribution in [0.2, 0.25) is 5.02 Å². The zero-order chi connectivity index (χ0) is 18.8. The number of carbonyl (C=O) groups excluding carboxylic acids is 2. The monoisotopic (exact) mass is 386 g/mol. The molecule has 2 amide bonds. The topological polar surface area (TPSA) is 76.7 Å². The molecule has 0 bridgehead atoms. The van der Waals surface area contributed by atoms with E-state index in [1.807, 2.05) is 0 Å². The first-order valence-electron chi connectivity index (χ1n) is 8.91. The van der Waals surface area contributed by atoms with Gasteiger partial charge >= 0.3 is 0 Å². The van der Waals surface area contributed by atoms with Crippen LogP contribution in [-0.2, 0) is 4.79 Å². The summed E-state index contributed by atoms with van der Waals surface area (Å²) in [6.45, 7) is 1.12. The molecule has 27 heavy (non-hydrogen) atoms. The molecule has 7 heteroatoms. The van der Waals surface area contributed by atoms with Gasteiger partial charge in [0.05, 0.1) is 23.9 Å². The standard InChI is InChI=1S/C20H19ClN2O4/c21-15-10-17-18(27-9-1-8-26-17)11-16(15)23-20(25)13-4-6-14(7-5-13)22-19(24)12-2-3-12/h4-7,10-12H,1-3,8-9H2,(H,22,24)(H,23,25). The molecule has 0 atom stereocenters. The molecule has 140 valence electrons. The number of hydrogen-bond donors (Lipinski definition) is 2. The number of anilines is 2. The molecular weight excluding hydrogens is 368 g/mol. The molecule has 2 aromatic rings. The Bertz CT molecular complexity index is 878. The molecule has 2 aromatic carbocycles. The molecule has 1 saturated carbocycles. The van der Waals surface area contributed by atoms with Crippen molar-refractivity contribution in [2.75, 3.05) is 23.8 Å². The zero-order valence-corrected chi connectivity index (χ0v) is 15.3. The molecule has 1 fully saturated rings. The number of carbonyl (C=O) groups is 2. The second kappa shape index (κ2) is 7.48. The van der Waals surface area contributed by atoms with Gasteiger partial charge in [-0.1, -0.05) is 11.6 Å². The van der Waals surface area contributed by atoms with E-state index in [0.29, 0.717) is 46.7 Å². The van der Waals surface area contributed by atoms with E-state index in [0.717, 1.165) is 19.3 Å². The summed E-state index contributed by atoms with van der Waals surface area (Å²) in [6.07, 6.45) is 2.68. The average molecular weight is 387 g/mol. The highest BCUT2D eigenvalue weighted by molar-refractivity contribution is 6.34. The predicted molar refractivity (Wildman–Crippen MR) is 103 cm³/mol. The number of rotatable bonds is 4. The van der Waals surface area contributed by atoms with Gasteiger partial charge in [-0.15, -0.1) is 0 Å². The SMILES string of the molecule is O=C(Nc1cc2c(cc1Cl)OCCCO2)c1ccc(NC(=O)C2CC2)cc1. The van der Waals surface area contributed by atoms with E-state index in [1.165, 1.54) is 0 Å². The van der Waals surface area contributed by atoms with Crippen LogP contribution in [0, 0.1) is 5.92 Å². The summed E-state index contributed by atoms with van der Waals surface area (Å²) in [4.78, 5) is 24.3. The lowest BCUT2D eigenvalue weighted by Crippen LogP contribution is -2.14. The van der Waals surface area contributed by atoms with Crippen LogP contribution in [0.25, 0.3) is 0 Å². The molecule has 0 aromatic heterocycles. The van der Waals surface area contributed by atoms with Crippen molar-refractivity contribution in [3.8, 4) is 11.5 Å². The van der Waals surface area contributed by atoms with Gasteiger partial charge in [0, 0.05) is 35.7 Å². The second-order valence-electron chi connectivity index (χ2n) is 6.62. The normalized spacial score (nSPS) is 15.6. The van der Waals surface area contributed by atoms with Crippen molar-refractivity contribution in [3.63, 3.8) is 0 Å². The minimum Gasteiger partial charge on any atom is -0.490 e. The Balaban J connectivity index is 1.45. The van der Waals surface area contributed by atoms with Gasteiger partial charge in [0.2, 0.25) is 5.91 Å². The van der Waals surface area contributed by atoms with E-state index in [9.17, 15) is 9.59 Å². The van der Waals surface area contributed by atoms with Crippen molar-refractivity contribution in [3.05, 3.63) is 47.0 Å². The molecule has 0 radical (unpaired) electrons. The van der Waals surface area contributed by atoms with E-state index in [-0.39, 0.29) is 17.7 Å². The van der Waals surface area contributed by atoms with Gasteiger partial charge in [-0.25, -0.2) is 0 Å². The van der Waals surface area contributed by atoms with Gasteiger partial charge in [-0.2, -0.15) is 0 Å². The Morgan fingerprint density at radius 3 is 2.30 bits per heavy atom. The van der Waals surface area contributed by atoms with Crippen molar-refractivity contribution < 1.29 is 19.1 Å². The lowest BCUT2D eigenvalue weighted by atomic mass is 10.1. The first-order chi connectivity index (χ1) is 13.1. The van der Waals surface area contributed by atoms with Crippen molar-refractivity contribution in [2.24, 2.45) is 5.92 Å². The summed E-state index contributed by atoms with van der Waals surface area (Å²) >= 11 is 6.27. The van der Waals surface area contributed by atoms with Crippen LogP contribution >= 0.6 is 11.6 Å². The first kappa shape index (κ1) is 17.7. The average Bonchev–Trinajstić information content (AvgIpc) is 3.50. The molecule has 2 N–H and O–H groups in total. The van der Waals surface area contributed by atoms with Gasteiger partial charge in [0.15, 0.2) is 11.5 Å². The summed E-state index contributed by atoms with van der Waals surface area (Å²) in [6, 6.07) is 10.1. The summed E-state index contributed by atoms with van der Waals surface area (Å²) in [5, 5.41) is 6.01. The maximum absolute atomic E-state index is 12.5. The second-order valence-corrected chi connectivity index (χ2v) is 7.03. The lowest BCUT2D eigenvalue weighted by Gasteiger charge is -2.13. The summed E-state index contributed by atoms with van der Waals surface area (Å²) in [7, 11) is 0. The number of benzene rings is 2. The van der Waals surface area contributed by atoms with Crippen LogP contribution in [0.3, 0.4) is 0 Å². The fraction of sp³-hybridized carbons (Fsp3) is 0.300. The smallest absolute Gasteiger partial charge is 0.255 e. The lowest BCUT2D eigenvalue weighted by molar-refractivity contribution is -0.117. The maximum atomic E-state index is 12.5. The van der Waals surface area contributed by atoms with Crippen molar-refractivity contribution in [2.45, 2.75) is 19.3 Å². The van der Waals surface area contributed by atoms with Crippen molar-refractivity contribution >= 4 is 34.8 Å². The molecule has 0 spiro atoms. The Morgan fingerprint density at radius 2 is 1.63 bits per heavy atom. The van der Waals surface area contributed by atoms with Gasteiger partial charge in [0.25, 0.3) is 5.91 Å². The minimum atomic E-state index is -0.300. The highest BCUT2D eigenvalue weighted by Gasteiger charge is 2.29. The zero-order valence-electron chi connectivity index (χ0n) is 14.6. The summed E-state index contributed by atoms with van der Waals surface area (Å²) in [5.41, 5.74) is 1.59. The highest BCUT2D eigenvalue weighted by Crippen LogP contribution is 2.38. The predicted octanol–water partition coefficient (Wildman–Crippen LogP) is 4.10. The van der Waals surface area contributed by atoms with Crippen LogP contribution in [0.5, 0.6) is 11.5 Å². The van der Waals surface area contributed by atoms with Gasteiger partial charge < -0.3 is 20.1 Å². The molecule has 1 aliphatic carbocycles. The fourth-order valence-electron chi connectivity index (χ4n) is 2.77. The Hall–Kier alpha value is -2.73. The Morgan fingerprint density at radius 1 is 0.963 bits per heavy atom. The van der Waals surface area contributed by atoms with E-state index >= 15 is 0 Å². The molecule has 6 nitrogen and oxygen atoms in total. The number of ether oxygens (including phenoxy) is 2. The largest absolute Gasteiger partial charge is 0.490 e. The van der Waals surface area contributed by atoms with Crippen LogP contribution in [-0.4, -0.2) is 25.0 Å². The molecule has 4 rings (SSSR count). The highest BCUT2D eigenvalue weighted by atomic mass is 35.5. The van der Waals surface area contributed by atoms with Crippen LogP contribution in [0.15, 0.2) is 36.4 Å². The number of fused-ring (bicyclic) bond motifs is 1. The maximum Gasteiger partial charge on any atom is 0.255 e. The number of nitrogens with one attached hydrogen (secondary N) is 2. The molecule has 1 aliphatic heterocycles. The number of halogens is 1. The van der Waals surface area contributed by atoms with Crippen LogP contribution in [0.4, 0.5) is 11.4 Å². The van der Waals surface area contributed by atoms with Crippen molar-refractivity contribution in [1.82, 2.24) is 0 Å². The number of hydrogen-bond acceptors (Lipinski definition) is 4. The van der Waals surface area contributed by atoms with Crippen LogP contribution in [0.1, 0.15) is 29.6 Å². The van der Waals surface area contributed by atoms with E-state index in [1.54, 1.807) is 36.4 Å². The van der Waals surface area contributed by atoms with Gasteiger partial charge in [-0.05, 0) is 37.1 Å². The van der Waals surface area contributed by atoms with E-state index in [4.69, 9.17) is 21.1 Å². The van der Waals surface area contributed by atoms with Gasteiger partial charge in [0.1, 0.15) is 0 Å². The molecule has 2 aliphatic rings. The first-order valence-corrected chi connectivity index (χ1v) is 9.29. The van der Waals surface area contributed by atoms with E-state index < -0.39 is 0 Å². The van der Waals surface area contributed by atoms with Gasteiger partial charge in [-0.3, -0.25) is 9.59 Å².